The Morgan fingerprint density at radius 2 is 1.69 bits per heavy atom. The van der Waals surface area contributed by atoms with E-state index in [9.17, 15) is 29.4 Å². The fourth-order valence-electron chi connectivity index (χ4n) is 10.8. The van der Waals surface area contributed by atoms with E-state index >= 15 is 0 Å². The average Bonchev–Trinajstić information content (AvgIpc) is 3.98. The zero-order valence-electron chi connectivity index (χ0n) is 40.7. The van der Waals surface area contributed by atoms with Crippen LogP contribution in [-0.4, -0.2) is 147 Å². The molecule has 4 aliphatic heterocycles. The summed E-state index contributed by atoms with van der Waals surface area (Å²) in [5, 5.41) is 35.8. The predicted molar refractivity (Wildman–Crippen MR) is 246 cm³/mol. The summed E-state index contributed by atoms with van der Waals surface area (Å²) in [6.45, 7) is 9.44. The molecule has 1 aliphatic carbocycles. The van der Waals surface area contributed by atoms with Gasteiger partial charge < -0.3 is 43.5 Å². The first-order chi connectivity index (χ1) is 32.1. The van der Waals surface area contributed by atoms with Gasteiger partial charge in [0.15, 0.2) is 12.1 Å². The number of piperidine rings is 1. The zero-order valence-corrected chi connectivity index (χ0v) is 40.7. The molecule has 1 aromatic rings. The number of aliphatic hydroxyl groups is 2. The summed E-state index contributed by atoms with van der Waals surface area (Å²) in [5.41, 5.74) is 1.60. The number of tetrazole rings is 1. The van der Waals surface area contributed by atoms with E-state index in [2.05, 4.69) is 15.5 Å². The Morgan fingerprint density at radius 1 is 0.896 bits per heavy atom. The summed E-state index contributed by atoms with van der Waals surface area (Å²) >= 11 is 0. The summed E-state index contributed by atoms with van der Waals surface area (Å²) in [4.78, 5) is 57.7. The van der Waals surface area contributed by atoms with Crippen molar-refractivity contribution in [1.29, 1.82) is 0 Å². The van der Waals surface area contributed by atoms with Crippen molar-refractivity contribution in [2.45, 2.75) is 185 Å². The number of hydrogen-bond acceptors (Lipinski definition) is 15. The zero-order chi connectivity index (χ0) is 48.4. The van der Waals surface area contributed by atoms with Gasteiger partial charge >= 0.3 is 0 Å². The standard InChI is InChI=1S/C50H75N5O12/c1-30-16-12-10-9-11-13-18-40-44(57)46(64-8)45(65-40)33(4)24-31(2)39(56)28-42(32(3)25-35-20-22-37(43(26-35)63-7)55-29-51-52-53-55)66-49(60)38-17-14-15-23-54(38)48(59)47(58)50(61)34(5)19-21-36(67-50)27-41(30)62-6/h9-12,16,24,29,31-32,34-38,40-43,45-46,49,60-61H,13-15,17-23,25-28H2,1-8H3/b11-9+,12-10+,30-16+,33-24+/t31-,32-,34?,35?,36+,37?,38?,40?,41+,42+,43?,45-,46?,49?,50?/m1/s1. The number of aromatic nitrogens is 4. The Balaban J connectivity index is 1.28. The van der Waals surface area contributed by atoms with E-state index in [-0.39, 0.29) is 48.5 Å². The van der Waals surface area contributed by atoms with Gasteiger partial charge in [-0.3, -0.25) is 19.2 Å². The maximum Gasteiger partial charge on any atom is 0.296 e. The van der Waals surface area contributed by atoms with Crippen molar-refractivity contribution in [2.75, 3.05) is 27.9 Å². The van der Waals surface area contributed by atoms with Gasteiger partial charge in [-0.2, -0.15) is 0 Å². The van der Waals surface area contributed by atoms with Crippen LogP contribution >= 0.6 is 0 Å². The highest BCUT2D eigenvalue weighted by molar-refractivity contribution is 6.38. The second-order valence-electron chi connectivity index (χ2n) is 19.6. The second-order valence-corrected chi connectivity index (χ2v) is 19.6. The minimum Gasteiger partial charge on any atom is -0.379 e. The smallest absolute Gasteiger partial charge is 0.296 e. The van der Waals surface area contributed by atoms with Crippen molar-refractivity contribution in [3.8, 4) is 0 Å². The number of ketones is 3. The van der Waals surface area contributed by atoms with Crippen molar-refractivity contribution in [1.82, 2.24) is 25.1 Å². The first-order valence-electron chi connectivity index (χ1n) is 24.4. The third kappa shape index (κ3) is 12.7. The molecule has 6 rings (SSSR count). The Labute approximate surface area is 395 Å². The third-order valence-electron chi connectivity index (χ3n) is 15.0. The molecule has 5 heterocycles. The van der Waals surface area contributed by atoms with E-state index in [4.69, 9.17) is 28.4 Å². The number of methoxy groups -OCH3 is 3. The number of rotatable bonds is 7. The summed E-state index contributed by atoms with van der Waals surface area (Å²) < 4.78 is 38.2. The van der Waals surface area contributed by atoms with Gasteiger partial charge in [-0.05, 0) is 118 Å². The molecule has 15 atom stereocenters. The van der Waals surface area contributed by atoms with Crippen LogP contribution in [0, 0.1) is 23.7 Å². The molecule has 17 nitrogen and oxygen atoms in total. The van der Waals surface area contributed by atoms with Crippen molar-refractivity contribution in [2.24, 2.45) is 23.7 Å². The van der Waals surface area contributed by atoms with Crippen molar-refractivity contribution < 1.29 is 57.8 Å². The summed E-state index contributed by atoms with van der Waals surface area (Å²) in [7, 11) is 4.76. The maximum atomic E-state index is 14.3. The highest BCUT2D eigenvalue weighted by Crippen LogP contribution is 2.40. The molecule has 1 amide bonds. The van der Waals surface area contributed by atoms with Crippen LogP contribution in [0.25, 0.3) is 0 Å². The van der Waals surface area contributed by atoms with Gasteiger partial charge in [-0.1, -0.05) is 57.2 Å². The summed E-state index contributed by atoms with van der Waals surface area (Å²) in [6, 6.07) is -0.944. The monoisotopic (exact) mass is 938 g/mol. The summed E-state index contributed by atoms with van der Waals surface area (Å²) in [6.07, 6.45) is 14.3. The van der Waals surface area contributed by atoms with Crippen molar-refractivity contribution >= 4 is 23.3 Å². The molecule has 0 radical (unpaired) electrons. The van der Waals surface area contributed by atoms with Gasteiger partial charge in [0.2, 0.25) is 5.79 Å². The van der Waals surface area contributed by atoms with Gasteiger partial charge in [0.25, 0.3) is 11.7 Å². The van der Waals surface area contributed by atoms with Gasteiger partial charge in [0.1, 0.15) is 30.4 Å². The largest absolute Gasteiger partial charge is 0.379 e. The van der Waals surface area contributed by atoms with E-state index in [0.717, 1.165) is 24.8 Å². The second kappa shape index (κ2) is 24.2. The van der Waals surface area contributed by atoms with Crippen LogP contribution in [0.2, 0.25) is 0 Å². The SMILES string of the molecule is COC1CC(C[C@@H](C)[C@@H]2CC(=O)[C@H](C)/C=C(\C)[C@H]3OC(CC/C=C/C=C/C=C(\C)[C@@H](OC)C[C@@H]4CCC(C)C(O)(O4)C(=O)C(=O)N4CCCCC4C(O)O2)C(=O)C3OC)CCC1n1cnnn1. The maximum absolute atomic E-state index is 14.3. The van der Waals surface area contributed by atoms with Crippen LogP contribution < -0.4 is 0 Å². The Kier molecular flexibility index (Phi) is 18.9. The van der Waals surface area contributed by atoms with Crippen LogP contribution in [0.15, 0.2) is 53.9 Å². The molecule has 17 heteroatoms. The molecule has 1 saturated carbocycles. The van der Waals surface area contributed by atoms with Crippen molar-refractivity contribution in [3.63, 3.8) is 0 Å². The third-order valence-corrected chi connectivity index (χ3v) is 15.0. The molecule has 9 unspecified atom stereocenters. The number of hydrogen-bond donors (Lipinski definition) is 2. The number of carbonyl (C=O) groups excluding carboxylic acids is 4. The van der Waals surface area contributed by atoms with Crippen LogP contribution in [0.4, 0.5) is 0 Å². The highest BCUT2D eigenvalue weighted by Gasteiger charge is 2.53. The van der Waals surface area contributed by atoms with E-state index in [1.165, 1.54) is 12.0 Å². The Morgan fingerprint density at radius 3 is 2.40 bits per heavy atom. The lowest BCUT2D eigenvalue weighted by molar-refractivity contribution is -0.266. The molecule has 4 bridgehead atoms. The Bertz CT molecular complexity index is 1950. The van der Waals surface area contributed by atoms with Crippen LogP contribution in [-0.2, 0) is 47.6 Å². The molecule has 0 aromatic carbocycles. The summed E-state index contributed by atoms with van der Waals surface area (Å²) in [5.74, 6) is -6.01. The first-order valence-corrected chi connectivity index (χ1v) is 24.4. The lowest BCUT2D eigenvalue weighted by atomic mass is 9.77. The molecule has 67 heavy (non-hydrogen) atoms. The predicted octanol–water partition coefficient (Wildman–Crippen LogP) is 5.36. The lowest BCUT2D eigenvalue weighted by Crippen LogP contribution is -2.61. The fourth-order valence-corrected chi connectivity index (χ4v) is 10.8. The molecule has 0 spiro atoms. The quantitative estimate of drug-likeness (QED) is 0.260. The molecule has 5 aliphatic rings. The molecule has 2 N–H and O–H groups in total. The normalized spacial score (nSPS) is 40.1. The number of allylic oxidation sites excluding steroid dienone is 6. The van der Waals surface area contributed by atoms with E-state index in [0.29, 0.717) is 63.4 Å². The minimum atomic E-state index is -2.38. The van der Waals surface area contributed by atoms with E-state index in [1.54, 1.807) is 39.1 Å². The minimum absolute atomic E-state index is 0.0219. The number of aliphatic hydroxyl groups excluding tert-OH is 1. The highest BCUT2D eigenvalue weighted by atomic mass is 16.6. The number of fused-ring (bicyclic) bond motifs is 5. The number of carbonyl (C=O) groups is 4. The number of amides is 1. The average molecular weight is 938 g/mol. The number of Topliss-reactive ketones (excluding diaryl/α,β-unsaturated/α-hetero) is 3. The Hall–Kier alpha value is -3.81. The molecule has 1 aromatic heterocycles. The molecule has 4 fully saturated rings. The van der Waals surface area contributed by atoms with E-state index < -0.39 is 78.3 Å². The molecular formula is C50H75N5O12. The molecule has 3 saturated heterocycles. The van der Waals surface area contributed by atoms with E-state index in [1.807, 2.05) is 57.2 Å². The van der Waals surface area contributed by atoms with Crippen LogP contribution in [0.5, 0.6) is 0 Å². The van der Waals surface area contributed by atoms with Crippen LogP contribution in [0.1, 0.15) is 124 Å². The molecule has 372 valence electrons. The van der Waals surface area contributed by atoms with Crippen molar-refractivity contribution in [3.05, 3.63) is 53.9 Å². The van der Waals surface area contributed by atoms with Crippen LogP contribution in [0.3, 0.4) is 0 Å². The fraction of sp³-hybridized carbons (Fsp3) is 0.740. The molecular weight excluding hydrogens is 863 g/mol. The van der Waals surface area contributed by atoms with Gasteiger partial charge in [0, 0.05) is 52.6 Å². The topological polar surface area (TPSA) is 211 Å². The number of ether oxygens (including phenoxy) is 6. The van der Waals surface area contributed by atoms with Gasteiger partial charge in [-0.15, -0.1) is 5.10 Å². The first kappa shape index (κ1) is 52.6. The lowest BCUT2D eigenvalue weighted by Gasteiger charge is -2.44. The number of nitrogens with zero attached hydrogens (tertiary/aromatic N) is 5. The van der Waals surface area contributed by atoms with Gasteiger partial charge in [0.05, 0.1) is 36.5 Å². The van der Waals surface area contributed by atoms with Gasteiger partial charge in [-0.25, -0.2) is 4.68 Å².